The minimum atomic E-state index is -2.60. The van der Waals surface area contributed by atoms with Crippen molar-refractivity contribution in [3.8, 4) is 0 Å². The number of alkyl halides is 2. The Balaban J connectivity index is 2.62. The van der Waals surface area contributed by atoms with E-state index in [1.54, 1.807) is 6.92 Å². The zero-order chi connectivity index (χ0) is 17.8. The van der Waals surface area contributed by atoms with Gasteiger partial charge in [-0.05, 0) is 44.6 Å². The number of benzene rings is 2. The van der Waals surface area contributed by atoms with Crippen molar-refractivity contribution in [2.24, 2.45) is 0 Å². The molecule has 0 aliphatic carbocycles. The Labute approximate surface area is 146 Å². The Kier molecular flexibility index (Phi) is 5.74. The van der Waals surface area contributed by atoms with Crippen molar-refractivity contribution < 1.29 is 8.78 Å². The second kappa shape index (κ2) is 7.26. The van der Waals surface area contributed by atoms with Gasteiger partial charge in [0.1, 0.15) is 0 Å². The number of halogens is 2. The monoisotopic (exact) mass is 350 g/mol. The van der Waals surface area contributed by atoms with Gasteiger partial charge in [-0.2, -0.15) is 10.0 Å². The molecule has 0 amide bonds. The van der Waals surface area contributed by atoms with E-state index < -0.39 is 16.0 Å². The van der Waals surface area contributed by atoms with Crippen molar-refractivity contribution >= 4 is 10.0 Å². The van der Waals surface area contributed by atoms with Gasteiger partial charge in [0, 0.05) is 12.8 Å². The van der Waals surface area contributed by atoms with Gasteiger partial charge in [-0.3, -0.25) is 0 Å². The molecule has 24 heavy (non-hydrogen) atoms. The molecule has 0 aliphatic rings. The van der Waals surface area contributed by atoms with Gasteiger partial charge in [0.25, 0.3) is 0 Å². The van der Waals surface area contributed by atoms with Gasteiger partial charge < -0.3 is 0 Å². The van der Waals surface area contributed by atoms with Crippen LogP contribution in [0.25, 0.3) is 0 Å². The molecule has 132 valence electrons. The average Bonchev–Trinajstić information content (AvgIpc) is 2.56. The van der Waals surface area contributed by atoms with Crippen molar-refractivity contribution in [3.63, 3.8) is 0 Å². The van der Waals surface area contributed by atoms with E-state index in [-0.39, 0.29) is 17.6 Å². The average molecular weight is 351 g/mol. The number of hydrogen-bond donors (Lipinski definition) is 0. The lowest BCUT2D eigenvalue weighted by Gasteiger charge is -2.52. The molecule has 3 heteroatoms. The Hall–Kier alpha value is -1.35. The minimum absolute atomic E-state index is 0.0696. The molecule has 0 saturated carbocycles. The van der Waals surface area contributed by atoms with Crippen molar-refractivity contribution in [2.75, 3.05) is 5.75 Å². The third kappa shape index (κ3) is 3.83. The summed E-state index contributed by atoms with van der Waals surface area (Å²) in [6.07, 6.45) is -0.171. The SMILES string of the molecule is CCC(F)(F)CCS(c1ccccc1)(c1ccccc1)C(C)(C)C. The molecular formula is C21H28F2S. The molecule has 2 rings (SSSR count). The summed E-state index contributed by atoms with van der Waals surface area (Å²) in [7, 11) is -1.59. The Bertz CT molecular complexity index is 590. The van der Waals surface area contributed by atoms with Gasteiger partial charge in [-0.15, -0.1) is 0 Å². The first kappa shape index (κ1) is 19.0. The molecule has 0 unspecified atom stereocenters. The van der Waals surface area contributed by atoms with Crippen LogP contribution in [0.1, 0.15) is 40.5 Å². The lowest BCUT2D eigenvalue weighted by atomic mass is 10.2. The van der Waals surface area contributed by atoms with E-state index in [9.17, 15) is 8.78 Å². The fraction of sp³-hybridized carbons (Fsp3) is 0.429. The molecule has 0 nitrogen and oxygen atoms in total. The van der Waals surface area contributed by atoms with Gasteiger partial charge in [-0.1, -0.05) is 64.1 Å². The molecular weight excluding hydrogens is 322 g/mol. The summed E-state index contributed by atoms with van der Waals surface area (Å²) in [6.45, 7) is 8.13. The van der Waals surface area contributed by atoms with Gasteiger partial charge in [0.15, 0.2) is 0 Å². The van der Waals surface area contributed by atoms with E-state index in [4.69, 9.17) is 0 Å². The third-order valence-electron chi connectivity index (χ3n) is 4.63. The van der Waals surface area contributed by atoms with E-state index in [1.807, 2.05) is 36.4 Å². The van der Waals surface area contributed by atoms with E-state index in [2.05, 4.69) is 45.0 Å². The highest BCUT2D eigenvalue weighted by Gasteiger charge is 2.42. The number of hydrogen-bond acceptors (Lipinski definition) is 0. The van der Waals surface area contributed by atoms with E-state index in [0.29, 0.717) is 5.75 Å². The largest absolute Gasteiger partial charge is 0.248 e. The molecule has 0 radical (unpaired) electrons. The second-order valence-electron chi connectivity index (χ2n) is 7.14. The summed E-state index contributed by atoms with van der Waals surface area (Å²) in [5.41, 5.74) is 0. The van der Waals surface area contributed by atoms with Gasteiger partial charge in [0.05, 0.1) is 0 Å². The highest BCUT2D eigenvalue weighted by atomic mass is 32.3. The highest BCUT2D eigenvalue weighted by molar-refractivity contribution is 8.34. The Morgan fingerprint density at radius 3 is 1.54 bits per heavy atom. The normalized spacial score (nSPS) is 13.8. The van der Waals surface area contributed by atoms with E-state index >= 15 is 0 Å². The lowest BCUT2D eigenvalue weighted by molar-refractivity contribution is -0.00551. The molecule has 0 bridgehead atoms. The van der Waals surface area contributed by atoms with Crippen LogP contribution < -0.4 is 0 Å². The maximum absolute atomic E-state index is 14.1. The molecule has 0 atom stereocenters. The van der Waals surface area contributed by atoms with E-state index in [0.717, 1.165) is 0 Å². The smallest absolute Gasteiger partial charge is 0.207 e. The summed E-state index contributed by atoms with van der Waals surface area (Å²) in [6, 6.07) is 20.5. The predicted octanol–water partition coefficient (Wildman–Crippen LogP) is 7.14. The minimum Gasteiger partial charge on any atom is -0.207 e. The van der Waals surface area contributed by atoms with Crippen LogP contribution in [-0.2, 0) is 0 Å². The molecule has 2 aromatic carbocycles. The summed E-state index contributed by atoms with van der Waals surface area (Å²) >= 11 is 0. The summed E-state index contributed by atoms with van der Waals surface area (Å²) in [5, 5.41) is 0. The summed E-state index contributed by atoms with van der Waals surface area (Å²) in [5.74, 6) is -2.10. The standard InChI is InChI=1S/C21H28F2S/c1-5-21(22,23)16-17-24(20(2,3)4,18-12-8-6-9-13-18)19-14-10-7-11-15-19/h6-15H,5,16-17H2,1-4H3. The van der Waals surface area contributed by atoms with Crippen molar-refractivity contribution in [1.82, 2.24) is 0 Å². The van der Waals surface area contributed by atoms with Crippen LogP contribution in [0.4, 0.5) is 8.78 Å². The van der Waals surface area contributed by atoms with Gasteiger partial charge >= 0.3 is 0 Å². The third-order valence-corrected chi connectivity index (χ3v) is 9.69. The molecule has 0 N–H and O–H groups in total. The topological polar surface area (TPSA) is 0 Å². The summed E-state index contributed by atoms with van der Waals surface area (Å²) < 4.78 is 28.1. The Morgan fingerprint density at radius 2 is 1.21 bits per heavy atom. The zero-order valence-corrected chi connectivity index (χ0v) is 15.9. The fourth-order valence-electron chi connectivity index (χ4n) is 3.17. The van der Waals surface area contributed by atoms with Crippen LogP contribution in [0.2, 0.25) is 0 Å². The van der Waals surface area contributed by atoms with Crippen LogP contribution in [0.15, 0.2) is 70.5 Å². The fourth-order valence-corrected chi connectivity index (χ4v) is 7.79. The first-order chi connectivity index (χ1) is 11.2. The van der Waals surface area contributed by atoms with Crippen LogP contribution in [0.5, 0.6) is 0 Å². The first-order valence-electron chi connectivity index (χ1n) is 8.51. The first-order valence-corrected chi connectivity index (χ1v) is 10.3. The van der Waals surface area contributed by atoms with E-state index in [1.165, 1.54) is 9.79 Å². The lowest BCUT2D eigenvalue weighted by Crippen LogP contribution is -2.31. The highest BCUT2D eigenvalue weighted by Crippen LogP contribution is 2.71. The quantitative estimate of drug-likeness (QED) is 0.519. The van der Waals surface area contributed by atoms with Gasteiger partial charge in [0.2, 0.25) is 5.92 Å². The summed E-state index contributed by atoms with van der Waals surface area (Å²) in [4.78, 5) is 2.38. The molecule has 0 aliphatic heterocycles. The van der Waals surface area contributed by atoms with Gasteiger partial charge in [-0.25, -0.2) is 8.78 Å². The van der Waals surface area contributed by atoms with Crippen molar-refractivity contribution in [3.05, 3.63) is 60.7 Å². The van der Waals surface area contributed by atoms with Crippen LogP contribution in [0.3, 0.4) is 0 Å². The van der Waals surface area contributed by atoms with Crippen molar-refractivity contribution in [1.29, 1.82) is 0 Å². The number of rotatable bonds is 6. The molecule has 0 spiro atoms. The molecule has 0 saturated heterocycles. The maximum Gasteiger partial charge on any atom is 0.248 e. The molecule has 0 heterocycles. The molecule has 0 fully saturated rings. The van der Waals surface area contributed by atoms with Crippen molar-refractivity contribution in [2.45, 2.75) is 61.0 Å². The van der Waals surface area contributed by atoms with Crippen LogP contribution in [0, 0.1) is 0 Å². The van der Waals surface area contributed by atoms with Crippen LogP contribution >= 0.6 is 10.0 Å². The maximum atomic E-state index is 14.1. The molecule has 2 aromatic rings. The predicted molar refractivity (Wildman–Crippen MR) is 101 cm³/mol. The Morgan fingerprint density at radius 1 is 0.792 bits per heavy atom. The zero-order valence-electron chi connectivity index (χ0n) is 15.1. The second-order valence-corrected chi connectivity index (χ2v) is 11.2. The molecule has 0 aromatic heterocycles. The van der Waals surface area contributed by atoms with Crippen LogP contribution in [-0.4, -0.2) is 16.4 Å².